The summed E-state index contributed by atoms with van der Waals surface area (Å²) in [6.45, 7) is 9.71. The summed E-state index contributed by atoms with van der Waals surface area (Å²) in [7, 11) is 1.96. The number of anilines is 1. The molecule has 2 aliphatic heterocycles. The van der Waals surface area contributed by atoms with Crippen LogP contribution in [0.3, 0.4) is 0 Å². The molecule has 0 radical (unpaired) electrons. The van der Waals surface area contributed by atoms with Gasteiger partial charge in [0.2, 0.25) is 5.82 Å². The summed E-state index contributed by atoms with van der Waals surface area (Å²) in [5.41, 5.74) is 2.95. The lowest BCUT2D eigenvalue weighted by Gasteiger charge is -2.26. The van der Waals surface area contributed by atoms with Crippen molar-refractivity contribution >= 4 is 11.7 Å². The molecule has 4 heterocycles. The Bertz CT molecular complexity index is 1150. The van der Waals surface area contributed by atoms with E-state index in [0.717, 1.165) is 55.6 Å². The Morgan fingerprint density at radius 3 is 2.74 bits per heavy atom. The zero-order valence-corrected chi connectivity index (χ0v) is 19.4. The van der Waals surface area contributed by atoms with Crippen molar-refractivity contribution in [1.82, 2.24) is 34.8 Å². The lowest BCUT2D eigenvalue weighted by Crippen LogP contribution is -2.40. The van der Waals surface area contributed by atoms with Crippen molar-refractivity contribution in [2.75, 3.05) is 38.3 Å². The van der Waals surface area contributed by atoms with Crippen molar-refractivity contribution in [1.29, 1.82) is 0 Å². The standard InChI is InChI=1S/C24H30N8O2/c1-18-21(26-24(33)23-25-17-31(28-23)15-19-6-4-3-5-7-19)8-9-32-22(29(18)2)14-20(27-32)16-30-10-12-34-13-11-30/h3-7,14,17,21H,1,8-13,15-16H2,2H3,(H,26,33)/t21-/m0/s1. The molecule has 1 N–H and O–H groups in total. The van der Waals surface area contributed by atoms with Gasteiger partial charge in [0.15, 0.2) is 0 Å². The Hall–Kier alpha value is -3.50. The number of fused-ring (bicyclic) bond motifs is 1. The number of carbonyl (C=O) groups is 1. The second kappa shape index (κ2) is 9.78. The number of carbonyl (C=O) groups excluding carboxylic acids is 1. The van der Waals surface area contributed by atoms with Gasteiger partial charge in [-0.1, -0.05) is 36.9 Å². The van der Waals surface area contributed by atoms with Crippen LogP contribution in [0.1, 0.15) is 28.3 Å². The lowest BCUT2D eigenvalue weighted by molar-refractivity contribution is 0.0335. The molecular weight excluding hydrogens is 432 g/mol. The van der Waals surface area contributed by atoms with Crippen LogP contribution in [0, 0.1) is 0 Å². The highest BCUT2D eigenvalue weighted by atomic mass is 16.5. The first-order valence-corrected chi connectivity index (χ1v) is 11.6. The number of aromatic nitrogens is 5. The molecule has 0 unspecified atom stereocenters. The molecule has 1 saturated heterocycles. The molecule has 1 aromatic carbocycles. The molecule has 34 heavy (non-hydrogen) atoms. The number of hydrogen-bond donors (Lipinski definition) is 1. The van der Waals surface area contributed by atoms with Crippen LogP contribution < -0.4 is 10.2 Å². The minimum absolute atomic E-state index is 0.154. The smallest absolute Gasteiger partial charge is 0.291 e. The van der Waals surface area contributed by atoms with Gasteiger partial charge in [-0.05, 0) is 12.0 Å². The fraction of sp³-hybridized carbons (Fsp3) is 0.417. The Labute approximate surface area is 198 Å². The minimum Gasteiger partial charge on any atom is -0.379 e. The van der Waals surface area contributed by atoms with Gasteiger partial charge in [-0.25, -0.2) is 14.3 Å². The molecule has 1 fully saturated rings. The van der Waals surface area contributed by atoms with E-state index in [2.05, 4.69) is 32.9 Å². The zero-order valence-electron chi connectivity index (χ0n) is 19.4. The highest BCUT2D eigenvalue weighted by Crippen LogP contribution is 2.26. The maximum absolute atomic E-state index is 12.9. The third-order valence-corrected chi connectivity index (χ3v) is 6.34. The molecule has 5 rings (SSSR count). The molecule has 2 aliphatic rings. The number of morpholine rings is 1. The normalized spacial score (nSPS) is 19.0. The Balaban J connectivity index is 1.22. The summed E-state index contributed by atoms with van der Waals surface area (Å²) in [5.74, 6) is 0.829. The van der Waals surface area contributed by atoms with E-state index < -0.39 is 0 Å². The van der Waals surface area contributed by atoms with Gasteiger partial charge in [-0.2, -0.15) is 5.10 Å². The second-order valence-electron chi connectivity index (χ2n) is 8.72. The van der Waals surface area contributed by atoms with Gasteiger partial charge < -0.3 is 15.0 Å². The molecular formula is C24H30N8O2. The first-order valence-electron chi connectivity index (χ1n) is 11.6. The minimum atomic E-state index is -0.307. The first kappa shape index (κ1) is 22.3. The van der Waals surface area contributed by atoms with E-state index in [-0.39, 0.29) is 17.8 Å². The molecule has 0 aliphatic carbocycles. The molecule has 3 aromatic rings. The van der Waals surface area contributed by atoms with Crippen LogP contribution in [0.25, 0.3) is 0 Å². The van der Waals surface area contributed by atoms with Gasteiger partial charge in [0.25, 0.3) is 5.91 Å². The van der Waals surface area contributed by atoms with E-state index >= 15 is 0 Å². The van der Waals surface area contributed by atoms with E-state index in [1.54, 1.807) is 11.0 Å². The lowest BCUT2D eigenvalue weighted by atomic mass is 10.1. The average molecular weight is 463 g/mol. The number of nitrogens with zero attached hydrogens (tertiary/aromatic N) is 7. The third kappa shape index (κ3) is 4.87. The van der Waals surface area contributed by atoms with Crippen molar-refractivity contribution in [3.63, 3.8) is 0 Å². The van der Waals surface area contributed by atoms with Gasteiger partial charge in [0, 0.05) is 45.0 Å². The highest BCUT2D eigenvalue weighted by Gasteiger charge is 2.28. The predicted octanol–water partition coefficient (Wildman–Crippen LogP) is 1.51. The largest absolute Gasteiger partial charge is 0.379 e. The summed E-state index contributed by atoms with van der Waals surface area (Å²) >= 11 is 0. The maximum Gasteiger partial charge on any atom is 0.291 e. The fourth-order valence-electron chi connectivity index (χ4n) is 4.38. The van der Waals surface area contributed by atoms with Crippen LogP contribution in [0.4, 0.5) is 5.82 Å². The van der Waals surface area contributed by atoms with Gasteiger partial charge in [0.1, 0.15) is 12.1 Å². The van der Waals surface area contributed by atoms with Gasteiger partial charge in [-0.15, -0.1) is 5.10 Å². The molecule has 2 aromatic heterocycles. The number of aryl methyl sites for hydroxylation is 1. The van der Waals surface area contributed by atoms with Crippen LogP contribution in [0.5, 0.6) is 0 Å². The highest BCUT2D eigenvalue weighted by molar-refractivity contribution is 5.90. The molecule has 1 amide bonds. The summed E-state index contributed by atoms with van der Waals surface area (Å²) in [6, 6.07) is 11.8. The summed E-state index contributed by atoms with van der Waals surface area (Å²) < 4.78 is 9.11. The summed E-state index contributed by atoms with van der Waals surface area (Å²) in [6.07, 6.45) is 2.27. The number of amides is 1. The third-order valence-electron chi connectivity index (χ3n) is 6.34. The van der Waals surface area contributed by atoms with E-state index in [1.165, 1.54) is 0 Å². The molecule has 178 valence electrons. The van der Waals surface area contributed by atoms with Crippen LogP contribution in [0.2, 0.25) is 0 Å². The van der Waals surface area contributed by atoms with Crippen LogP contribution in [0.15, 0.2) is 55.0 Å². The number of nitrogens with one attached hydrogen (secondary N) is 1. The van der Waals surface area contributed by atoms with Gasteiger partial charge >= 0.3 is 0 Å². The van der Waals surface area contributed by atoms with Crippen LogP contribution in [-0.4, -0.2) is 74.7 Å². The fourth-order valence-corrected chi connectivity index (χ4v) is 4.38. The number of rotatable bonds is 6. The first-order chi connectivity index (χ1) is 16.6. The van der Waals surface area contributed by atoms with Crippen molar-refractivity contribution in [3.05, 3.63) is 72.1 Å². The average Bonchev–Trinajstić information content (AvgIpc) is 3.47. The van der Waals surface area contributed by atoms with Crippen LogP contribution in [-0.2, 0) is 24.4 Å². The molecule has 0 spiro atoms. The topological polar surface area (TPSA) is 93.3 Å². The van der Waals surface area contributed by atoms with Crippen molar-refractivity contribution < 1.29 is 9.53 Å². The van der Waals surface area contributed by atoms with E-state index in [9.17, 15) is 4.79 Å². The SMILES string of the molecule is C=C1[C@@H](NC(=O)c2ncn(Cc3ccccc3)n2)CCn2nc(CN3CCOCC3)cc2N1C. The van der Waals surface area contributed by atoms with E-state index in [0.29, 0.717) is 19.5 Å². The maximum atomic E-state index is 12.9. The molecule has 0 saturated carbocycles. The Morgan fingerprint density at radius 2 is 1.94 bits per heavy atom. The summed E-state index contributed by atoms with van der Waals surface area (Å²) in [5, 5.41) is 12.2. The molecule has 1 atom stereocenters. The van der Waals surface area contributed by atoms with Crippen molar-refractivity contribution in [2.24, 2.45) is 0 Å². The number of likely N-dealkylation sites (N-methyl/N-ethyl adjacent to an activating group) is 1. The van der Waals surface area contributed by atoms with E-state index in [1.807, 2.05) is 47.0 Å². The number of ether oxygens (including phenoxy) is 1. The second-order valence-corrected chi connectivity index (χ2v) is 8.72. The quantitative estimate of drug-likeness (QED) is 0.594. The van der Waals surface area contributed by atoms with E-state index in [4.69, 9.17) is 9.84 Å². The van der Waals surface area contributed by atoms with Gasteiger partial charge in [0.05, 0.1) is 31.5 Å². The molecule has 10 nitrogen and oxygen atoms in total. The molecule has 0 bridgehead atoms. The predicted molar refractivity (Wildman–Crippen MR) is 127 cm³/mol. The Kier molecular flexibility index (Phi) is 6.41. The zero-order chi connectivity index (χ0) is 23.5. The molecule has 10 heteroatoms. The van der Waals surface area contributed by atoms with Crippen molar-refractivity contribution in [2.45, 2.75) is 32.1 Å². The number of hydrogen-bond acceptors (Lipinski definition) is 7. The Morgan fingerprint density at radius 1 is 1.15 bits per heavy atom. The van der Waals surface area contributed by atoms with Crippen LogP contribution >= 0.6 is 0 Å². The van der Waals surface area contributed by atoms with Crippen molar-refractivity contribution in [3.8, 4) is 0 Å². The van der Waals surface area contributed by atoms with Gasteiger partial charge in [-0.3, -0.25) is 9.69 Å². The monoisotopic (exact) mass is 462 g/mol. The number of benzene rings is 1. The summed E-state index contributed by atoms with van der Waals surface area (Å²) in [4.78, 5) is 21.5.